The Bertz CT molecular complexity index is 684. The minimum atomic E-state index is -4.45. The average molecular weight is 362 g/mol. The molecule has 3 rings (SSSR count). The lowest BCUT2D eigenvalue weighted by Gasteiger charge is -2.22. The topological polar surface area (TPSA) is 59.7 Å². The van der Waals surface area contributed by atoms with E-state index in [-0.39, 0.29) is 5.69 Å². The van der Waals surface area contributed by atoms with Crippen molar-refractivity contribution in [1.82, 2.24) is 10.5 Å². The normalized spacial score (nSPS) is 21.5. The van der Waals surface area contributed by atoms with Crippen molar-refractivity contribution >= 4 is 22.3 Å². The number of nitrogens with zero attached hydrogens (tertiary/aromatic N) is 2. The number of pyridine rings is 1. The van der Waals surface area contributed by atoms with Gasteiger partial charge in [0.05, 0.1) is 22.0 Å². The summed E-state index contributed by atoms with van der Waals surface area (Å²) < 4.78 is 43.7. The third-order valence-corrected chi connectivity index (χ3v) is 3.54. The zero-order valence-corrected chi connectivity index (χ0v) is 11.8. The van der Waals surface area contributed by atoms with Gasteiger partial charge in [-0.2, -0.15) is 13.2 Å². The first-order valence-corrected chi connectivity index (χ1v) is 6.46. The summed E-state index contributed by atoms with van der Waals surface area (Å²) in [7, 11) is 0. The molecule has 0 spiro atoms. The second-order valence-corrected chi connectivity index (χ2v) is 5.05. The smallest absolute Gasteiger partial charge is 0.417 e. The van der Waals surface area contributed by atoms with Gasteiger partial charge in [0.25, 0.3) is 0 Å². The number of rotatable bonds is 2. The summed E-state index contributed by atoms with van der Waals surface area (Å²) in [4.78, 5) is 12.9. The fraction of sp³-hybridized carbons (Fsp3) is 0.167. The molecule has 9 heteroatoms. The third-order valence-electron chi connectivity index (χ3n) is 2.91. The van der Waals surface area contributed by atoms with Gasteiger partial charge in [-0.25, -0.2) is 4.99 Å². The Labute approximate surface area is 124 Å². The first-order valence-electron chi connectivity index (χ1n) is 5.67. The van der Waals surface area contributed by atoms with Crippen molar-refractivity contribution in [1.29, 1.82) is 0 Å². The quantitative estimate of drug-likeness (QED) is 0.892. The molecule has 0 aliphatic carbocycles. The third kappa shape index (κ3) is 2.32. The molecule has 1 N–H and O–H groups in total. The van der Waals surface area contributed by atoms with Crippen molar-refractivity contribution in [2.45, 2.75) is 11.8 Å². The van der Waals surface area contributed by atoms with Gasteiger partial charge < -0.3 is 9.25 Å². The summed E-state index contributed by atoms with van der Waals surface area (Å²) in [5.41, 5.74) is 0.635. The van der Waals surface area contributed by atoms with Gasteiger partial charge in [-0.05, 0) is 34.1 Å². The van der Waals surface area contributed by atoms with Crippen LogP contribution in [-0.4, -0.2) is 11.4 Å². The van der Waals surface area contributed by atoms with E-state index in [1.54, 1.807) is 6.07 Å². The molecule has 21 heavy (non-hydrogen) atoms. The Balaban J connectivity index is 2.07. The minimum Gasteiger partial charge on any atom is -0.463 e. The summed E-state index contributed by atoms with van der Waals surface area (Å²) in [6.45, 7) is 0. The lowest BCUT2D eigenvalue weighted by atomic mass is 10.0. The fourth-order valence-corrected chi connectivity index (χ4v) is 2.40. The predicted molar refractivity (Wildman–Crippen MR) is 69.1 cm³/mol. The van der Waals surface area contributed by atoms with Crippen molar-refractivity contribution in [3.63, 3.8) is 0 Å². The van der Waals surface area contributed by atoms with Crippen LogP contribution in [0.5, 0.6) is 0 Å². The van der Waals surface area contributed by atoms with Gasteiger partial charge in [0.1, 0.15) is 0 Å². The molecule has 1 aliphatic rings. The van der Waals surface area contributed by atoms with Crippen LogP contribution >= 0.6 is 15.9 Å². The highest BCUT2D eigenvalue weighted by molar-refractivity contribution is 9.10. The van der Waals surface area contributed by atoms with Gasteiger partial charge in [-0.1, -0.05) is 0 Å². The molecule has 0 radical (unpaired) electrons. The molecule has 2 aromatic heterocycles. The van der Waals surface area contributed by atoms with E-state index < -0.39 is 17.4 Å². The van der Waals surface area contributed by atoms with E-state index in [4.69, 9.17) is 9.25 Å². The lowest BCUT2D eigenvalue weighted by molar-refractivity contribution is -0.137. The van der Waals surface area contributed by atoms with E-state index in [1.165, 1.54) is 12.3 Å². The zero-order chi connectivity index (χ0) is 15.1. The van der Waals surface area contributed by atoms with E-state index in [1.807, 2.05) is 0 Å². The Hall–Kier alpha value is -1.87. The molecule has 1 unspecified atom stereocenters. The van der Waals surface area contributed by atoms with E-state index in [0.717, 1.165) is 18.7 Å². The van der Waals surface area contributed by atoms with Crippen molar-refractivity contribution < 1.29 is 22.4 Å². The SMILES string of the molecule is FC(F)(F)c1ccc(C2(c3occc3Br)N=CON2)nc1. The zero-order valence-electron chi connectivity index (χ0n) is 10.2. The number of furan rings is 1. The molecule has 0 aromatic carbocycles. The first kappa shape index (κ1) is 14.1. The van der Waals surface area contributed by atoms with Crippen LogP contribution < -0.4 is 5.48 Å². The molecular formula is C12H7BrF3N3O2. The summed E-state index contributed by atoms with van der Waals surface area (Å²) in [6, 6.07) is 3.78. The molecule has 0 bridgehead atoms. The van der Waals surface area contributed by atoms with Gasteiger partial charge in [-0.3, -0.25) is 4.98 Å². The predicted octanol–water partition coefficient (Wildman–Crippen LogP) is 3.22. The largest absolute Gasteiger partial charge is 0.463 e. The maximum absolute atomic E-state index is 12.6. The second-order valence-electron chi connectivity index (χ2n) is 4.19. The molecule has 110 valence electrons. The van der Waals surface area contributed by atoms with E-state index in [9.17, 15) is 13.2 Å². The maximum Gasteiger partial charge on any atom is 0.417 e. The Morgan fingerprint density at radius 1 is 1.24 bits per heavy atom. The van der Waals surface area contributed by atoms with Crippen molar-refractivity contribution in [2.75, 3.05) is 0 Å². The molecule has 0 saturated carbocycles. The van der Waals surface area contributed by atoms with Gasteiger partial charge in [0, 0.05) is 6.20 Å². The molecule has 0 saturated heterocycles. The number of halogens is 4. The highest BCUT2D eigenvalue weighted by Gasteiger charge is 2.44. The average Bonchev–Trinajstić information content (AvgIpc) is 3.07. The fourth-order valence-electron chi connectivity index (χ4n) is 1.91. The van der Waals surface area contributed by atoms with E-state index in [0.29, 0.717) is 10.2 Å². The summed E-state index contributed by atoms with van der Waals surface area (Å²) >= 11 is 3.28. The molecule has 1 atom stereocenters. The molecule has 5 nitrogen and oxygen atoms in total. The Kier molecular flexibility index (Phi) is 3.25. The monoisotopic (exact) mass is 361 g/mol. The number of nitrogens with one attached hydrogen (secondary N) is 1. The summed E-state index contributed by atoms with van der Waals surface area (Å²) in [5.74, 6) is 0.323. The highest BCUT2D eigenvalue weighted by atomic mass is 79.9. The molecular weight excluding hydrogens is 355 g/mol. The number of aliphatic imine (C=N–C) groups is 1. The number of hydrogen-bond acceptors (Lipinski definition) is 5. The Morgan fingerprint density at radius 3 is 2.52 bits per heavy atom. The molecule has 0 fully saturated rings. The Morgan fingerprint density at radius 2 is 2.05 bits per heavy atom. The van der Waals surface area contributed by atoms with Crippen LogP contribution in [0.15, 0.2) is 44.5 Å². The van der Waals surface area contributed by atoms with Gasteiger partial charge in [-0.15, -0.1) is 5.48 Å². The van der Waals surface area contributed by atoms with Crippen LogP contribution in [0.1, 0.15) is 17.0 Å². The molecule has 1 aliphatic heterocycles. The lowest BCUT2D eigenvalue weighted by Crippen LogP contribution is -2.38. The van der Waals surface area contributed by atoms with E-state index in [2.05, 4.69) is 31.4 Å². The van der Waals surface area contributed by atoms with Crippen LogP contribution in [0.2, 0.25) is 0 Å². The summed E-state index contributed by atoms with van der Waals surface area (Å²) in [5, 5.41) is 0. The summed E-state index contributed by atoms with van der Waals surface area (Å²) in [6.07, 6.45) is -1.16. The van der Waals surface area contributed by atoms with Crippen LogP contribution in [0.25, 0.3) is 0 Å². The van der Waals surface area contributed by atoms with Crippen molar-refractivity contribution in [2.24, 2.45) is 4.99 Å². The van der Waals surface area contributed by atoms with Crippen LogP contribution in [0.3, 0.4) is 0 Å². The number of hydrogen-bond donors (Lipinski definition) is 1. The van der Waals surface area contributed by atoms with Crippen LogP contribution in [-0.2, 0) is 16.7 Å². The van der Waals surface area contributed by atoms with Crippen molar-refractivity contribution in [3.8, 4) is 0 Å². The highest BCUT2D eigenvalue weighted by Crippen LogP contribution is 2.38. The number of alkyl halides is 3. The number of aromatic nitrogens is 1. The van der Waals surface area contributed by atoms with Crippen molar-refractivity contribution in [3.05, 3.63) is 52.1 Å². The molecule has 0 amide bonds. The first-order chi connectivity index (χ1) is 9.93. The minimum absolute atomic E-state index is 0.208. The molecule has 2 aromatic rings. The molecule has 3 heterocycles. The van der Waals surface area contributed by atoms with Gasteiger partial charge >= 0.3 is 6.18 Å². The van der Waals surface area contributed by atoms with E-state index >= 15 is 0 Å². The standard InChI is InChI=1S/C12H7BrF3N3O2/c13-8-3-4-20-10(8)11(18-6-21-19-11)9-2-1-7(5-17-9)12(14,15)16/h1-6,19H. The maximum atomic E-state index is 12.6. The van der Waals surface area contributed by atoms with Gasteiger partial charge in [0.15, 0.2) is 12.2 Å². The van der Waals surface area contributed by atoms with Crippen LogP contribution in [0, 0.1) is 0 Å². The van der Waals surface area contributed by atoms with Crippen LogP contribution in [0.4, 0.5) is 13.2 Å². The second kappa shape index (κ2) is 4.85. The number of hydroxylamine groups is 1. The van der Waals surface area contributed by atoms with Gasteiger partial charge in [0.2, 0.25) is 5.66 Å².